The summed E-state index contributed by atoms with van der Waals surface area (Å²) in [5.41, 5.74) is 2.91. The monoisotopic (exact) mass is 398 g/mol. The van der Waals surface area contributed by atoms with Crippen molar-refractivity contribution in [1.82, 2.24) is 19.9 Å². The Morgan fingerprint density at radius 3 is 2.70 bits per heavy atom. The zero-order chi connectivity index (χ0) is 20.3. The molecule has 0 saturated heterocycles. The van der Waals surface area contributed by atoms with E-state index in [4.69, 9.17) is 4.74 Å². The van der Waals surface area contributed by atoms with E-state index < -0.39 is 6.23 Å². The highest BCUT2D eigenvalue weighted by Crippen LogP contribution is 2.30. The quantitative estimate of drug-likeness (QED) is 0.490. The summed E-state index contributed by atoms with van der Waals surface area (Å²) in [6.45, 7) is 0. The minimum Gasteiger partial charge on any atom is -0.457 e. The number of aromatic nitrogens is 3. The molecule has 2 unspecified atom stereocenters. The van der Waals surface area contributed by atoms with Gasteiger partial charge in [-0.15, -0.1) is 0 Å². The van der Waals surface area contributed by atoms with Crippen molar-refractivity contribution in [3.8, 4) is 17.2 Å². The maximum atomic E-state index is 10.9. The third-order valence-electron chi connectivity index (χ3n) is 5.31. The minimum atomic E-state index is -0.944. The molecular formula is C24H22N4O2. The largest absolute Gasteiger partial charge is 0.457 e. The van der Waals surface area contributed by atoms with Crippen LogP contribution in [-0.4, -0.2) is 19.6 Å². The molecule has 0 bridgehead atoms. The summed E-state index contributed by atoms with van der Waals surface area (Å²) >= 11 is 0. The second-order valence-electron chi connectivity index (χ2n) is 7.28. The van der Waals surface area contributed by atoms with Gasteiger partial charge in [0.2, 0.25) is 0 Å². The van der Waals surface area contributed by atoms with Crippen molar-refractivity contribution in [3.05, 3.63) is 102 Å². The highest BCUT2D eigenvalue weighted by molar-refractivity contribution is 5.44. The summed E-state index contributed by atoms with van der Waals surface area (Å²) in [4.78, 5) is 8.89. The maximum Gasteiger partial charge on any atom is 0.148 e. The first-order valence-corrected chi connectivity index (χ1v) is 10.0. The Bertz CT molecular complexity index is 1140. The van der Waals surface area contributed by atoms with Crippen LogP contribution < -0.4 is 10.1 Å². The Morgan fingerprint density at radius 2 is 1.80 bits per heavy atom. The van der Waals surface area contributed by atoms with Crippen LogP contribution in [0.15, 0.2) is 85.3 Å². The molecule has 4 aromatic rings. The Hall–Kier alpha value is -3.48. The summed E-state index contributed by atoms with van der Waals surface area (Å²) in [7, 11) is 0. The van der Waals surface area contributed by atoms with Gasteiger partial charge in [-0.1, -0.05) is 36.4 Å². The number of ether oxygens (including phenoxy) is 1. The molecule has 2 aromatic carbocycles. The first-order chi connectivity index (χ1) is 14.8. The number of fused-ring (bicyclic) bond motifs is 3. The molecule has 6 nitrogen and oxygen atoms in total. The normalized spacial score (nSPS) is 16.2. The van der Waals surface area contributed by atoms with E-state index in [1.807, 2.05) is 42.6 Å². The topological polar surface area (TPSA) is 72.2 Å². The Morgan fingerprint density at radius 1 is 0.967 bits per heavy atom. The number of rotatable bonds is 5. The van der Waals surface area contributed by atoms with Crippen LogP contribution in [0.2, 0.25) is 0 Å². The number of pyridine rings is 1. The molecule has 0 saturated carbocycles. The van der Waals surface area contributed by atoms with Crippen LogP contribution in [-0.2, 0) is 6.42 Å². The number of aliphatic hydroxyl groups is 1. The second-order valence-corrected chi connectivity index (χ2v) is 7.28. The molecule has 2 atom stereocenters. The Labute approximate surface area is 174 Å². The van der Waals surface area contributed by atoms with Crippen LogP contribution in [0.25, 0.3) is 5.69 Å². The molecule has 0 aliphatic carbocycles. The van der Waals surface area contributed by atoms with Crippen LogP contribution in [0, 0.1) is 0 Å². The van der Waals surface area contributed by atoms with Crippen LogP contribution in [0.4, 0.5) is 0 Å². The van der Waals surface area contributed by atoms with E-state index >= 15 is 0 Å². The van der Waals surface area contributed by atoms with Crippen molar-refractivity contribution in [3.63, 3.8) is 0 Å². The third-order valence-corrected chi connectivity index (χ3v) is 5.31. The van der Waals surface area contributed by atoms with Gasteiger partial charge in [0.05, 0.1) is 11.7 Å². The number of aryl methyl sites for hydroxylation is 1. The molecule has 0 fully saturated rings. The molecule has 0 amide bonds. The van der Waals surface area contributed by atoms with Crippen LogP contribution in [0.5, 0.6) is 11.5 Å². The Kier molecular flexibility index (Phi) is 5.01. The van der Waals surface area contributed by atoms with E-state index in [1.165, 1.54) is 5.56 Å². The molecule has 30 heavy (non-hydrogen) atoms. The van der Waals surface area contributed by atoms with E-state index in [0.717, 1.165) is 30.1 Å². The average Bonchev–Trinajstić information content (AvgIpc) is 3.22. The van der Waals surface area contributed by atoms with Crippen LogP contribution in [0.1, 0.15) is 35.8 Å². The first kappa shape index (κ1) is 18.5. The zero-order valence-corrected chi connectivity index (χ0v) is 16.3. The van der Waals surface area contributed by atoms with Gasteiger partial charge in [0.15, 0.2) is 0 Å². The fourth-order valence-corrected chi connectivity index (χ4v) is 3.86. The summed E-state index contributed by atoms with van der Waals surface area (Å²) in [5, 5.41) is 14.2. The lowest BCUT2D eigenvalue weighted by Crippen LogP contribution is -2.28. The molecule has 3 heterocycles. The van der Waals surface area contributed by atoms with Gasteiger partial charge in [0, 0.05) is 30.3 Å². The predicted octanol–water partition coefficient (Wildman–Crippen LogP) is 4.33. The number of aliphatic hydroxyl groups excluding tert-OH is 1. The number of para-hydroxylation sites is 2. The lowest BCUT2D eigenvalue weighted by Gasteiger charge is -2.21. The summed E-state index contributed by atoms with van der Waals surface area (Å²) in [5.74, 6) is 2.25. The van der Waals surface area contributed by atoms with Gasteiger partial charge in [-0.2, -0.15) is 0 Å². The van der Waals surface area contributed by atoms with Gasteiger partial charge in [-0.3, -0.25) is 10.3 Å². The smallest absolute Gasteiger partial charge is 0.148 e. The molecular weight excluding hydrogens is 376 g/mol. The van der Waals surface area contributed by atoms with Crippen molar-refractivity contribution in [2.75, 3.05) is 0 Å². The molecule has 150 valence electrons. The number of hydrogen-bond acceptors (Lipinski definition) is 5. The van der Waals surface area contributed by atoms with E-state index in [1.54, 1.807) is 24.5 Å². The maximum absolute atomic E-state index is 10.9. The lowest BCUT2D eigenvalue weighted by atomic mass is 10.1. The molecule has 0 spiro atoms. The van der Waals surface area contributed by atoms with Crippen molar-refractivity contribution in [2.24, 2.45) is 0 Å². The fourth-order valence-electron chi connectivity index (χ4n) is 3.86. The Balaban J connectivity index is 1.36. The van der Waals surface area contributed by atoms with E-state index in [-0.39, 0.29) is 6.04 Å². The van der Waals surface area contributed by atoms with Gasteiger partial charge in [-0.25, -0.2) is 4.98 Å². The van der Waals surface area contributed by atoms with Crippen molar-refractivity contribution in [2.45, 2.75) is 25.1 Å². The SMILES string of the molecule is OC(NC1CCc2ccccc2-n2ccnc21)c1cc(Oc2ccccc2)ccn1. The lowest BCUT2D eigenvalue weighted by molar-refractivity contribution is 0.115. The molecule has 5 rings (SSSR count). The molecule has 2 aromatic heterocycles. The molecule has 1 aliphatic rings. The van der Waals surface area contributed by atoms with Crippen molar-refractivity contribution < 1.29 is 9.84 Å². The highest BCUT2D eigenvalue weighted by Gasteiger charge is 2.25. The van der Waals surface area contributed by atoms with Gasteiger partial charge < -0.3 is 14.4 Å². The summed E-state index contributed by atoms with van der Waals surface area (Å²) in [6, 6.07) is 21.3. The van der Waals surface area contributed by atoms with Crippen molar-refractivity contribution in [1.29, 1.82) is 0 Å². The number of benzene rings is 2. The molecule has 0 radical (unpaired) electrons. The summed E-state index contributed by atoms with van der Waals surface area (Å²) in [6.07, 6.45) is 6.18. The standard InChI is InChI=1S/C24H22N4O2/c29-24(21-16-19(12-13-25-21)30-18-7-2-1-3-8-18)27-20-11-10-17-6-4-5-9-22(17)28-15-14-26-23(20)28/h1-9,12-16,20,24,27,29H,10-11H2. The van der Waals surface area contributed by atoms with Crippen LogP contribution in [0.3, 0.4) is 0 Å². The number of nitrogens with one attached hydrogen (secondary N) is 1. The predicted molar refractivity (Wildman–Crippen MR) is 113 cm³/mol. The number of imidazole rings is 1. The molecule has 6 heteroatoms. The molecule has 2 N–H and O–H groups in total. The summed E-state index contributed by atoms with van der Waals surface area (Å²) < 4.78 is 7.96. The average molecular weight is 398 g/mol. The molecule has 1 aliphatic heterocycles. The first-order valence-electron chi connectivity index (χ1n) is 10.0. The number of hydrogen-bond donors (Lipinski definition) is 2. The van der Waals surface area contributed by atoms with Gasteiger partial charge >= 0.3 is 0 Å². The third kappa shape index (κ3) is 3.70. The second kappa shape index (κ2) is 8.10. The fraction of sp³-hybridized carbons (Fsp3) is 0.167. The van der Waals surface area contributed by atoms with Crippen molar-refractivity contribution >= 4 is 0 Å². The van der Waals surface area contributed by atoms with Gasteiger partial charge in [-0.05, 0) is 42.7 Å². The van der Waals surface area contributed by atoms with Crippen LogP contribution >= 0.6 is 0 Å². The highest BCUT2D eigenvalue weighted by atomic mass is 16.5. The minimum absolute atomic E-state index is 0.108. The van der Waals surface area contributed by atoms with E-state index in [2.05, 4.69) is 38.1 Å². The van der Waals surface area contributed by atoms with Gasteiger partial charge in [0.25, 0.3) is 0 Å². The van der Waals surface area contributed by atoms with E-state index in [0.29, 0.717) is 11.4 Å². The number of nitrogens with zero attached hydrogens (tertiary/aromatic N) is 3. The van der Waals surface area contributed by atoms with Gasteiger partial charge in [0.1, 0.15) is 23.6 Å². The van der Waals surface area contributed by atoms with E-state index in [9.17, 15) is 5.11 Å². The zero-order valence-electron chi connectivity index (χ0n) is 16.3.